The molecular weight excluding hydrogens is 170 g/mol. The van der Waals surface area contributed by atoms with Gasteiger partial charge in [0.2, 0.25) is 0 Å². The summed E-state index contributed by atoms with van der Waals surface area (Å²) in [5.74, 6) is -0.605. The fourth-order valence-electron chi connectivity index (χ4n) is 2.04. The van der Waals surface area contributed by atoms with Gasteiger partial charge in [0, 0.05) is 5.92 Å². The van der Waals surface area contributed by atoms with Gasteiger partial charge in [-0.1, -0.05) is 6.42 Å². The van der Waals surface area contributed by atoms with Gasteiger partial charge in [0.05, 0.1) is 12.7 Å². The molecule has 1 aliphatic rings. The Morgan fingerprint density at radius 3 is 2.77 bits per heavy atom. The Morgan fingerprint density at radius 2 is 2.38 bits per heavy atom. The minimum atomic E-state index is -0.812. The van der Waals surface area contributed by atoms with E-state index in [9.17, 15) is 9.90 Å². The molecule has 0 radical (unpaired) electrons. The van der Waals surface area contributed by atoms with Crippen molar-refractivity contribution >= 4 is 5.97 Å². The Labute approximate surface area is 78.1 Å². The predicted molar refractivity (Wildman–Crippen MR) is 48.0 cm³/mol. The van der Waals surface area contributed by atoms with Gasteiger partial charge in [0.1, 0.15) is 6.04 Å². The summed E-state index contributed by atoms with van der Waals surface area (Å²) in [6.45, 7) is 1.73. The van der Waals surface area contributed by atoms with Crippen molar-refractivity contribution in [1.82, 2.24) is 0 Å². The molecule has 1 fully saturated rings. The summed E-state index contributed by atoms with van der Waals surface area (Å²) in [6.07, 6.45) is 2.42. The van der Waals surface area contributed by atoms with Gasteiger partial charge in [-0.05, 0) is 19.8 Å². The number of ether oxygens (including phenoxy) is 1. The molecule has 0 amide bonds. The van der Waals surface area contributed by atoms with E-state index in [-0.39, 0.29) is 5.92 Å². The first kappa shape index (κ1) is 10.5. The highest BCUT2D eigenvalue weighted by Gasteiger charge is 2.43. The van der Waals surface area contributed by atoms with Gasteiger partial charge >= 0.3 is 5.97 Å². The lowest BCUT2D eigenvalue weighted by atomic mass is 9.87. The molecule has 1 aliphatic carbocycles. The van der Waals surface area contributed by atoms with E-state index in [1.807, 2.05) is 0 Å². The van der Waals surface area contributed by atoms with Gasteiger partial charge in [0.25, 0.3) is 0 Å². The monoisotopic (exact) mass is 187 g/mol. The molecule has 0 spiro atoms. The van der Waals surface area contributed by atoms with E-state index < -0.39 is 17.6 Å². The fourth-order valence-corrected chi connectivity index (χ4v) is 2.04. The van der Waals surface area contributed by atoms with Crippen molar-refractivity contribution in [3.8, 4) is 0 Å². The van der Waals surface area contributed by atoms with Crippen LogP contribution in [0.2, 0.25) is 0 Å². The summed E-state index contributed by atoms with van der Waals surface area (Å²) in [5, 5.41) is 9.88. The molecule has 3 atom stereocenters. The molecule has 0 aromatic carbocycles. The zero-order chi connectivity index (χ0) is 10.1. The molecule has 3 N–H and O–H groups in total. The maximum atomic E-state index is 11.1. The molecule has 76 valence electrons. The summed E-state index contributed by atoms with van der Waals surface area (Å²) < 4.78 is 4.54. The van der Waals surface area contributed by atoms with Crippen molar-refractivity contribution < 1.29 is 14.6 Å². The zero-order valence-electron chi connectivity index (χ0n) is 8.12. The van der Waals surface area contributed by atoms with E-state index in [1.54, 1.807) is 6.92 Å². The SMILES string of the molecule is COC(=O)C(N)C1CCCC1(C)O. The molecular formula is C9H17NO3. The van der Waals surface area contributed by atoms with Crippen LogP contribution in [0.25, 0.3) is 0 Å². The third kappa shape index (κ3) is 2.00. The van der Waals surface area contributed by atoms with Crippen molar-refractivity contribution in [3.05, 3.63) is 0 Å². The smallest absolute Gasteiger partial charge is 0.323 e. The lowest BCUT2D eigenvalue weighted by Gasteiger charge is -2.28. The van der Waals surface area contributed by atoms with E-state index in [2.05, 4.69) is 4.74 Å². The number of methoxy groups -OCH3 is 1. The Morgan fingerprint density at radius 1 is 1.77 bits per heavy atom. The molecule has 3 unspecified atom stereocenters. The number of hydrogen-bond acceptors (Lipinski definition) is 4. The maximum absolute atomic E-state index is 11.1. The first-order chi connectivity index (χ1) is 5.99. The van der Waals surface area contributed by atoms with E-state index in [0.717, 1.165) is 12.8 Å². The number of carbonyl (C=O) groups is 1. The van der Waals surface area contributed by atoms with Crippen LogP contribution in [0.15, 0.2) is 0 Å². The Balaban J connectivity index is 2.66. The second-order valence-corrected chi connectivity index (χ2v) is 3.90. The number of hydrogen-bond donors (Lipinski definition) is 2. The van der Waals surface area contributed by atoms with Crippen molar-refractivity contribution in [2.75, 3.05) is 7.11 Å². The number of nitrogens with two attached hydrogens (primary N) is 1. The number of esters is 1. The molecule has 0 aromatic heterocycles. The van der Waals surface area contributed by atoms with Gasteiger partial charge in [-0.2, -0.15) is 0 Å². The van der Waals surface area contributed by atoms with Crippen LogP contribution in [0.3, 0.4) is 0 Å². The molecule has 0 bridgehead atoms. The quantitative estimate of drug-likeness (QED) is 0.598. The highest BCUT2D eigenvalue weighted by atomic mass is 16.5. The van der Waals surface area contributed by atoms with Crippen molar-refractivity contribution in [1.29, 1.82) is 0 Å². The Hall–Kier alpha value is -0.610. The van der Waals surface area contributed by atoms with Crippen LogP contribution < -0.4 is 5.73 Å². The maximum Gasteiger partial charge on any atom is 0.323 e. The van der Waals surface area contributed by atoms with E-state index in [4.69, 9.17) is 5.73 Å². The highest BCUT2D eigenvalue weighted by Crippen LogP contribution is 2.36. The molecule has 0 aromatic rings. The van der Waals surface area contributed by atoms with Crippen LogP contribution >= 0.6 is 0 Å². The number of carbonyl (C=O) groups excluding carboxylic acids is 1. The first-order valence-electron chi connectivity index (χ1n) is 4.55. The molecule has 13 heavy (non-hydrogen) atoms. The molecule has 1 rings (SSSR count). The minimum Gasteiger partial charge on any atom is -0.468 e. The normalized spacial score (nSPS) is 35.8. The van der Waals surface area contributed by atoms with Crippen LogP contribution in [0, 0.1) is 5.92 Å². The third-order valence-corrected chi connectivity index (χ3v) is 2.90. The average Bonchev–Trinajstić information content (AvgIpc) is 2.42. The average molecular weight is 187 g/mol. The van der Waals surface area contributed by atoms with E-state index in [0.29, 0.717) is 6.42 Å². The standard InChI is InChI=1S/C9H17NO3/c1-9(12)5-3-4-6(9)7(10)8(11)13-2/h6-7,12H,3-5,10H2,1-2H3. The molecule has 0 heterocycles. The van der Waals surface area contributed by atoms with Crippen LogP contribution in [-0.2, 0) is 9.53 Å². The van der Waals surface area contributed by atoms with Gasteiger partial charge in [-0.15, -0.1) is 0 Å². The summed E-state index contributed by atoms with van der Waals surface area (Å²) in [5.41, 5.74) is 4.86. The van der Waals surface area contributed by atoms with Gasteiger partial charge in [0.15, 0.2) is 0 Å². The molecule has 0 saturated heterocycles. The fraction of sp³-hybridized carbons (Fsp3) is 0.889. The lowest BCUT2D eigenvalue weighted by Crippen LogP contribution is -2.47. The second-order valence-electron chi connectivity index (χ2n) is 3.90. The first-order valence-corrected chi connectivity index (χ1v) is 4.55. The summed E-state index contributed by atoms with van der Waals surface area (Å²) in [7, 11) is 1.31. The summed E-state index contributed by atoms with van der Waals surface area (Å²) in [4.78, 5) is 11.1. The van der Waals surface area contributed by atoms with Crippen molar-refractivity contribution in [2.24, 2.45) is 11.7 Å². The Bertz CT molecular complexity index is 203. The third-order valence-electron chi connectivity index (χ3n) is 2.90. The molecule has 4 heteroatoms. The zero-order valence-corrected chi connectivity index (χ0v) is 8.12. The van der Waals surface area contributed by atoms with Crippen LogP contribution in [-0.4, -0.2) is 29.8 Å². The highest BCUT2D eigenvalue weighted by molar-refractivity contribution is 5.76. The molecule has 0 aliphatic heterocycles. The number of aliphatic hydroxyl groups is 1. The van der Waals surface area contributed by atoms with Gasteiger partial charge < -0.3 is 15.6 Å². The lowest BCUT2D eigenvalue weighted by molar-refractivity contribution is -0.146. The van der Waals surface area contributed by atoms with Crippen LogP contribution in [0.4, 0.5) is 0 Å². The van der Waals surface area contributed by atoms with Crippen molar-refractivity contribution in [2.45, 2.75) is 37.8 Å². The van der Waals surface area contributed by atoms with Gasteiger partial charge in [-0.25, -0.2) is 0 Å². The van der Waals surface area contributed by atoms with Crippen molar-refractivity contribution in [3.63, 3.8) is 0 Å². The minimum absolute atomic E-state index is 0.167. The second kappa shape index (κ2) is 3.64. The largest absolute Gasteiger partial charge is 0.468 e. The van der Waals surface area contributed by atoms with E-state index in [1.165, 1.54) is 7.11 Å². The topological polar surface area (TPSA) is 72.5 Å². The summed E-state index contributed by atoms with van der Waals surface area (Å²) >= 11 is 0. The Kier molecular flexibility index (Phi) is 2.93. The molecule has 4 nitrogen and oxygen atoms in total. The van der Waals surface area contributed by atoms with Crippen LogP contribution in [0.1, 0.15) is 26.2 Å². The summed E-state index contributed by atoms with van der Waals surface area (Å²) in [6, 6.07) is -0.692. The van der Waals surface area contributed by atoms with Crippen LogP contribution in [0.5, 0.6) is 0 Å². The molecule has 1 saturated carbocycles. The predicted octanol–water partition coefficient (Wildman–Crippen LogP) is 0.0378. The number of rotatable bonds is 2. The van der Waals surface area contributed by atoms with Gasteiger partial charge in [-0.3, -0.25) is 4.79 Å². The van der Waals surface area contributed by atoms with E-state index >= 15 is 0 Å².